The Balaban J connectivity index is 0.000000132. The van der Waals surface area contributed by atoms with Gasteiger partial charge in [0.1, 0.15) is 5.82 Å². The Morgan fingerprint density at radius 2 is 1.54 bits per heavy atom. The molecule has 0 aliphatic rings. The van der Waals surface area contributed by atoms with Gasteiger partial charge >= 0.3 is 0 Å². The van der Waals surface area contributed by atoms with Gasteiger partial charge in [-0.25, -0.2) is 9.97 Å². The van der Waals surface area contributed by atoms with Crippen molar-refractivity contribution in [2.75, 3.05) is 0 Å². The van der Waals surface area contributed by atoms with Crippen LogP contribution in [0.4, 0.5) is 0 Å². The summed E-state index contributed by atoms with van der Waals surface area (Å²) in [4.78, 5) is 7.74. The van der Waals surface area contributed by atoms with E-state index in [1.165, 1.54) is 0 Å². The SMILES string of the molecule is Cc1ncccn1.Cn1cccc1. The molecule has 3 heteroatoms. The quantitative estimate of drug-likeness (QED) is 0.611. The van der Waals surface area contributed by atoms with Crippen LogP contribution < -0.4 is 0 Å². The maximum Gasteiger partial charge on any atom is 0.125 e. The van der Waals surface area contributed by atoms with E-state index in [-0.39, 0.29) is 0 Å². The summed E-state index contributed by atoms with van der Waals surface area (Å²) in [7, 11) is 2.00. The van der Waals surface area contributed by atoms with E-state index in [1.807, 2.05) is 43.1 Å². The van der Waals surface area contributed by atoms with Crippen molar-refractivity contribution in [3.8, 4) is 0 Å². The van der Waals surface area contributed by atoms with Gasteiger partial charge in [-0.3, -0.25) is 0 Å². The van der Waals surface area contributed by atoms with Crippen LogP contribution in [0.2, 0.25) is 0 Å². The molecule has 0 amide bonds. The summed E-state index contributed by atoms with van der Waals surface area (Å²) >= 11 is 0. The van der Waals surface area contributed by atoms with E-state index in [4.69, 9.17) is 0 Å². The van der Waals surface area contributed by atoms with Crippen molar-refractivity contribution in [2.45, 2.75) is 6.92 Å². The molecule has 0 spiro atoms. The number of nitrogens with zero attached hydrogens (tertiary/aromatic N) is 3. The highest BCUT2D eigenvalue weighted by molar-refractivity contribution is 4.88. The first-order valence-electron chi connectivity index (χ1n) is 4.09. The molecule has 2 aromatic rings. The standard InChI is InChI=1S/C5H6N2.C5H7N/c1-5-6-3-2-4-7-5;1-6-4-2-3-5-6/h2-4H,1H3;2-5H,1H3. The van der Waals surface area contributed by atoms with Crippen molar-refractivity contribution < 1.29 is 0 Å². The predicted molar refractivity (Wildman–Crippen MR) is 52.2 cm³/mol. The molecule has 0 bridgehead atoms. The molecular formula is C10H13N3. The second-order valence-corrected chi connectivity index (χ2v) is 2.64. The topological polar surface area (TPSA) is 30.7 Å². The van der Waals surface area contributed by atoms with Crippen molar-refractivity contribution in [1.29, 1.82) is 0 Å². The Bertz CT molecular complexity index is 313. The molecule has 0 atom stereocenters. The number of rotatable bonds is 0. The molecule has 2 aromatic heterocycles. The molecule has 0 saturated heterocycles. The van der Waals surface area contributed by atoms with Gasteiger partial charge in [-0.2, -0.15) is 0 Å². The first-order chi connectivity index (χ1) is 6.29. The molecule has 0 N–H and O–H groups in total. The van der Waals surface area contributed by atoms with E-state index in [0.29, 0.717) is 0 Å². The fourth-order valence-corrected chi connectivity index (χ4v) is 0.794. The smallest absolute Gasteiger partial charge is 0.125 e. The molecule has 0 fully saturated rings. The van der Waals surface area contributed by atoms with Crippen molar-refractivity contribution >= 4 is 0 Å². The van der Waals surface area contributed by atoms with Crippen molar-refractivity contribution in [3.63, 3.8) is 0 Å². The van der Waals surface area contributed by atoms with Gasteiger partial charge in [0, 0.05) is 31.8 Å². The Morgan fingerprint density at radius 3 is 1.77 bits per heavy atom. The molecule has 68 valence electrons. The maximum absolute atomic E-state index is 3.87. The predicted octanol–water partition coefficient (Wildman–Crippen LogP) is 1.81. The molecule has 0 saturated carbocycles. The van der Waals surface area contributed by atoms with E-state index in [2.05, 4.69) is 9.97 Å². The number of hydrogen-bond acceptors (Lipinski definition) is 2. The van der Waals surface area contributed by atoms with Gasteiger partial charge in [0.05, 0.1) is 0 Å². The van der Waals surface area contributed by atoms with Crippen molar-refractivity contribution in [2.24, 2.45) is 7.05 Å². The summed E-state index contributed by atoms with van der Waals surface area (Å²) < 4.78 is 2.00. The Kier molecular flexibility index (Phi) is 3.70. The number of aromatic nitrogens is 3. The normalized spacial score (nSPS) is 8.77. The minimum atomic E-state index is 0.822. The second kappa shape index (κ2) is 5.09. The zero-order valence-corrected chi connectivity index (χ0v) is 7.88. The third-order valence-corrected chi connectivity index (χ3v) is 1.45. The Hall–Kier alpha value is -1.64. The van der Waals surface area contributed by atoms with E-state index >= 15 is 0 Å². The van der Waals surface area contributed by atoms with E-state index in [1.54, 1.807) is 18.5 Å². The van der Waals surface area contributed by atoms with Crippen LogP contribution in [0.1, 0.15) is 5.82 Å². The third kappa shape index (κ3) is 4.06. The summed E-state index contributed by atoms with van der Waals surface area (Å²) in [5.74, 6) is 0.822. The average molecular weight is 175 g/mol. The van der Waals surface area contributed by atoms with Crippen molar-refractivity contribution in [3.05, 3.63) is 48.8 Å². The van der Waals surface area contributed by atoms with Gasteiger partial charge in [0.15, 0.2) is 0 Å². The summed E-state index contributed by atoms with van der Waals surface area (Å²) in [6, 6.07) is 5.80. The summed E-state index contributed by atoms with van der Waals surface area (Å²) in [6.45, 7) is 1.86. The molecule has 0 aliphatic carbocycles. The van der Waals surface area contributed by atoms with Crippen molar-refractivity contribution in [1.82, 2.24) is 14.5 Å². The summed E-state index contributed by atoms with van der Waals surface area (Å²) in [6.07, 6.45) is 7.45. The second-order valence-electron chi connectivity index (χ2n) is 2.64. The van der Waals surface area contributed by atoms with Crippen LogP contribution in [-0.4, -0.2) is 14.5 Å². The van der Waals surface area contributed by atoms with Crippen LogP contribution in [0, 0.1) is 6.92 Å². The Morgan fingerprint density at radius 1 is 1.00 bits per heavy atom. The van der Waals surface area contributed by atoms with Gasteiger partial charge in [-0.15, -0.1) is 0 Å². The van der Waals surface area contributed by atoms with Crippen LogP contribution in [0.15, 0.2) is 43.0 Å². The van der Waals surface area contributed by atoms with Gasteiger partial charge < -0.3 is 4.57 Å². The highest BCUT2D eigenvalue weighted by atomic mass is 14.9. The van der Waals surface area contributed by atoms with Gasteiger partial charge in [-0.1, -0.05) is 0 Å². The van der Waals surface area contributed by atoms with Crippen LogP contribution in [0.25, 0.3) is 0 Å². The van der Waals surface area contributed by atoms with Gasteiger partial charge in [-0.05, 0) is 25.1 Å². The van der Waals surface area contributed by atoms with Crippen LogP contribution in [0.3, 0.4) is 0 Å². The zero-order valence-electron chi connectivity index (χ0n) is 7.88. The summed E-state index contributed by atoms with van der Waals surface area (Å²) in [5.41, 5.74) is 0. The minimum absolute atomic E-state index is 0.822. The Labute approximate surface area is 78.1 Å². The lowest BCUT2D eigenvalue weighted by Gasteiger charge is -1.81. The molecule has 2 heterocycles. The molecule has 0 aliphatic heterocycles. The molecule has 0 radical (unpaired) electrons. The fraction of sp³-hybridized carbons (Fsp3) is 0.200. The highest BCUT2D eigenvalue weighted by Gasteiger charge is 1.74. The van der Waals surface area contributed by atoms with Crippen LogP contribution in [-0.2, 0) is 7.05 Å². The number of hydrogen-bond donors (Lipinski definition) is 0. The van der Waals surface area contributed by atoms with E-state index in [0.717, 1.165) is 5.82 Å². The molecule has 0 unspecified atom stereocenters. The molecular weight excluding hydrogens is 162 g/mol. The van der Waals surface area contributed by atoms with Crippen LogP contribution in [0.5, 0.6) is 0 Å². The van der Waals surface area contributed by atoms with E-state index in [9.17, 15) is 0 Å². The third-order valence-electron chi connectivity index (χ3n) is 1.45. The number of aryl methyl sites for hydroxylation is 2. The molecule has 0 aromatic carbocycles. The molecule has 13 heavy (non-hydrogen) atoms. The highest BCUT2D eigenvalue weighted by Crippen LogP contribution is 1.80. The fourth-order valence-electron chi connectivity index (χ4n) is 0.794. The average Bonchev–Trinajstić information content (AvgIpc) is 2.58. The zero-order chi connectivity index (χ0) is 9.52. The van der Waals surface area contributed by atoms with Gasteiger partial charge in [0.25, 0.3) is 0 Å². The first-order valence-corrected chi connectivity index (χ1v) is 4.09. The molecule has 3 nitrogen and oxygen atoms in total. The van der Waals surface area contributed by atoms with E-state index < -0.39 is 0 Å². The maximum atomic E-state index is 3.87. The first kappa shape index (κ1) is 9.45. The summed E-state index contributed by atoms with van der Waals surface area (Å²) in [5, 5.41) is 0. The lowest BCUT2D eigenvalue weighted by atomic mass is 10.6. The lowest BCUT2D eigenvalue weighted by molar-refractivity contribution is 0.928. The van der Waals surface area contributed by atoms with Gasteiger partial charge in [0.2, 0.25) is 0 Å². The largest absolute Gasteiger partial charge is 0.357 e. The van der Waals surface area contributed by atoms with Crippen LogP contribution >= 0.6 is 0 Å². The minimum Gasteiger partial charge on any atom is -0.357 e. The lowest BCUT2D eigenvalue weighted by Crippen LogP contribution is -1.80. The molecule has 2 rings (SSSR count). The monoisotopic (exact) mass is 175 g/mol.